The molecule has 0 aliphatic carbocycles. The second-order valence-corrected chi connectivity index (χ2v) is 5.79. The minimum absolute atomic E-state index is 1.07. The lowest BCUT2D eigenvalue weighted by Gasteiger charge is -2.15. The monoisotopic (exact) mass is 265 g/mol. The van der Waals surface area contributed by atoms with E-state index in [1.165, 1.54) is 43.1 Å². The predicted molar refractivity (Wildman–Crippen MR) is 92.1 cm³/mol. The number of benzene rings is 5. The highest BCUT2D eigenvalue weighted by molar-refractivity contribution is 6.28. The lowest BCUT2D eigenvalue weighted by atomic mass is 9.91. The predicted octanol–water partition coefficient (Wildman–Crippen LogP) is 5.92. The topological polar surface area (TPSA) is 0 Å². The van der Waals surface area contributed by atoms with E-state index in [1.807, 2.05) is 0 Å². The van der Waals surface area contributed by atoms with E-state index >= 15 is 0 Å². The van der Waals surface area contributed by atoms with Gasteiger partial charge >= 0.3 is 0 Å². The fraction of sp³-hybridized carbons (Fsp3) is 0. The average Bonchev–Trinajstić information content (AvgIpc) is 2.51. The molecule has 0 spiro atoms. The molecule has 0 heterocycles. The molecule has 21 heavy (non-hydrogen) atoms. The summed E-state index contributed by atoms with van der Waals surface area (Å²) in [4.78, 5) is 0. The molecule has 98 valence electrons. The summed E-state index contributed by atoms with van der Waals surface area (Å²) in [5.41, 5.74) is 1.07. The molecule has 5 rings (SSSR count). The molecule has 0 unspecified atom stereocenters. The van der Waals surface area contributed by atoms with Crippen LogP contribution in [0.3, 0.4) is 0 Å². The number of hydrogen-bond donors (Lipinski definition) is 0. The highest BCUT2D eigenvalue weighted by Crippen LogP contribution is 2.38. The summed E-state index contributed by atoms with van der Waals surface area (Å²) in [6, 6.07) is 24.2. The van der Waals surface area contributed by atoms with E-state index in [2.05, 4.69) is 73.7 Å². The van der Waals surface area contributed by atoms with Crippen molar-refractivity contribution in [1.82, 2.24) is 0 Å². The van der Waals surface area contributed by atoms with Crippen LogP contribution in [0.25, 0.3) is 43.1 Å². The molecule has 0 saturated carbocycles. The molecule has 0 heteroatoms. The Bertz CT molecular complexity index is 1120. The Kier molecular flexibility index (Phi) is 1.92. The quantitative estimate of drug-likeness (QED) is 0.185. The molecular weight excluding hydrogens is 252 g/mol. The van der Waals surface area contributed by atoms with Crippen LogP contribution in [0.4, 0.5) is 0 Å². The lowest BCUT2D eigenvalue weighted by Crippen LogP contribution is -1.85. The number of hydrogen-bond acceptors (Lipinski definition) is 0. The summed E-state index contributed by atoms with van der Waals surface area (Å²) in [6.07, 6.45) is 0. The minimum atomic E-state index is 1.07. The van der Waals surface area contributed by atoms with Gasteiger partial charge in [0.25, 0.3) is 0 Å². The van der Waals surface area contributed by atoms with Crippen LogP contribution in [0.5, 0.6) is 0 Å². The Morgan fingerprint density at radius 3 is 2.10 bits per heavy atom. The van der Waals surface area contributed by atoms with Gasteiger partial charge in [-0.3, -0.25) is 0 Å². The molecule has 5 aromatic rings. The highest BCUT2D eigenvalue weighted by Gasteiger charge is 2.09. The van der Waals surface area contributed by atoms with E-state index in [1.54, 1.807) is 0 Å². The zero-order chi connectivity index (χ0) is 14.0. The van der Waals surface area contributed by atoms with Crippen LogP contribution in [-0.4, -0.2) is 0 Å². The minimum Gasteiger partial charge on any atom is -0.199 e. The average molecular weight is 265 g/mol. The van der Waals surface area contributed by atoms with Crippen molar-refractivity contribution in [3.8, 4) is 0 Å². The maximum Gasteiger partial charge on any atom is -0.00215 e. The molecule has 0 aliphatic heterocycles. The van der Waals surface area contributed by atoms with Gasteiger partial charge in [-0.2, -0.15) is 24.6 Å². The Hall–Kier alpha value is -2.73. The summed E-state index contributed by atoms with van der Waals surface area (Å²) < 4.78 is 0. The summed E-state index contributed by atoms with van der Waals surface area (Å²) in [5.74, 6) is 0. The van der Waals surface area contributed by atoms with Crippen LogP contribution in [0.15, 0.2) is 66.7 Å². The van der Waals surface area contributed by atoms with Crippen molar-refractivity contribution in [2.24, 2.45) is 0 Å². The standard InChI is InChI=1S/C21H13/c1-13-5-9-18-17(11-13)12-16-7-6-14-3-2-4-15-8-10-19(18)21(16)20(14)15/h2-12H,1H2/q-1. The zero-order valence-electron chi connectivity index (χ0n) is 11.6. The van der Waals surface area contributed by atoms with Gasteiger partial charge < -0.3 is 0 Å². The molecule has 0 amide bonds. The van der Waals surface area contributed by atoms with Crippen molar-refractivity contribution in [2.75, 3.05) is 0 Å². The molecule has 0 N–H and O–H groups in total. The Labute approximate surface area is 123 Å². The highest BCUT2D eigenvalue weighted by atomic mass is 14.1. The van der Waals surface area contributed by atoms with Crippen LogP contribution in [0.2, 0.25) is 0 Å². The van der Waals surface area contributed by atoms with E-state index in [4.69, 9.17) is 0 Å². The Morgan fingerprint density at radius 2 is 1.24 bits per heavy atom. The summed E-state index contributed by atoms with van der Waals surface area (Å²) in [5, 5.41) is 10.6. The van der Waals surface area contributed by atoms with E-state index in [0.29, 0.717) is 0 Å². The van der Waals surface area contributed by atoms with Crippen LogP contribution >= 0.6 is 0 Å². The van der Waals surface area contributed by atoms with Crippen LogP contribution in [-0.2, 0) is 0 Å². The Balaban J connectivity index is 2.18. The second-order valence-electron chi connectivity index (χ2n) is 5.79. The first-order chi connectivity index (χ1) is 10.3. The SMILES string of the molecule is [CH2-]c1ccc2c(c1)cc1ccc3cccc4ccc2c1c34. The van der Waals surface area contributed by atoms with Gasteiger partial charge in [0.2, 0.25) is 0 Å². The summed E-state index contributed by atoms with van der Waals surface area (Å²) >= 11 is 0. The fourth-order valence-electron chi connectivity index (χ4n) is 3.60. The molecule has 0 bridgehead atoms. The van der Waals surface area contributed by atoms with Crippen LogP contribution in [0.1, 0.15) is 5.56 Å². The maximum absolute atomic E-state index is 4.05. The number of rotatable bonds is 0. The number of fused-ring (bicyclic) bond motifs is 2. The zero-order valence-corrected chi connectivity index (χ0v) is 11.6. The normalized spacial score (nSPS) is 12.0. The van der Waals surface area contributed by atoms with Gasteiger partial charge in [-0.25, -0.2) is 0 Å². The molecule has 0 saturated heterocycles. The van der Waals surface area contributed by atoms with Crippen molar-refractivity contribution < 1.29 is 0 Å². The first kappa shape index (κ1) is 11.0. The van der Waals surface area contributed by atoms with Gasteiger partial charge in [-0.05, 0) is 37.7 Å². The Morgan fingerprint density at radius 1 is 0.524 bits per heavy atom. The third-order valence-electron chi connectivity index (χ3n) is 4.53. The van der Waals surface area contributed by atoms with Gasteiger partial charge in [0, 0.05) is 0 Å². The van der Waals surface area contributed by atoms with Crippen molar-refractivity contribution in [3.05, 3.63) is 79.2 Å². The third kappa shape index (κ3) is 1.37. The van der Waals surface area contributed by atoms with Crippen LogP contribution in [0, 0.1) is 6.92 Å². The molecule has 0 atom stereocenters. The molecule has 0 fully saturated rings. The van der Waals surface area contributed by atoms with Gasteiger partial charge in [-0.1, -0.05) is 53.9 Å². The maximum atomic E-state index is 4.05. The van der Waals surface area contributed by atoms with Crippen molar-refractivity contribution in [1.29, 1.82) is 0 Å². The van der Waals surface area contributed by atoms with E-state index in [9.17, 15) is 0 Å². The summed E-state index contributed by atoms with van der Waals surface area (Å²) in [6.45, 7) is 4.05. The first-order valence-electron chi connectivity index (χ1n) is 7.23. The van der Waals surface area contributed by atoms with E-state index in [-0.39, 0.29) is 0 Å². The first-order valence-corrected chi connectivity index (χ1v) is 7.23. The van der Waals surface area contributed by atoms with Crippen molar-refractivity contribution in [2.45, 2.75) is 0 Å². The fourth-order valence-corrected chi connectivity index (χ4v) is 3.60. The smallest absolute Gasteiger partial charge is 0.00215 e. The van der Waals surface area contributed by atoms with Crippen molar-refractivity contribution >= 4 is 43.1 Å². The van der Waals surface area contributed by atoms with Crippen molar-refractivity contribution in [3.63, 3.8) is 0 Å². The molecule has 0 nitrogen and oxygen atoms in total. The third-order valence-corrected chi connectivity index (χ3v) is 4.53. The lowest BCUT2D eigenvalue weighted by molar-refractivity contribution is 1.69. The molecule has 0 aromatic heterocycles. The second kappa shape index (κ2) is 3.67. The molecule has 0 aliphatic rings. The van der Waals surface area contributed by atoms with Gasteiger partial charge in [-0.15, -0.1) is 6.07 Å². The molecule has 0 radical (unpaired) electrons. The van der Waals surface area contributed by atoms with Gasteiger partial charge in [0.1, 0.15) is 0 Å². The largest absolute Gasteiger partial charge is 0.199 e. The van der Waals surface area contributed by atoms with E-state index in [0.717, 1.165) is 5.56 Å². The molecule has 5 aromatic carbocycles. The van der Waals surface area contributed by atoms with Gasteiger partial charge in [0.05, 0.1) is 0 Å². The van der Waals surface area contributed by atoms with Gasteiger partial charge in [0.15, 0.2) is 0 Å². The van der Waals surface area contributed by atoms with Crippen LogP contribution < -0.4 is 0 Å². The molecular formula is C21H13-. The van der Waals surface area contributed by atoms with E-state index < -0.39 is 0 Å². The summed E-state index contributed by atoms with van der Waals surface area (Å²) in [7, 11) is 0.